The number of aliphatic hydroxyl groups is 1. The Morgan fingerprint density at radius 1 is 0.481 bits per heavy atom. The Balaban J connectivity index is 0.000000148. The molecule has 9 N–H and O–H groups in total. The Labute approximate surface area is 768 Å². The molecule has 694 valence electrons. The second kappa shape index (κ2) is 45.1. The van der Waals surface area contributed by atoms with Crippen molar-refractivity contribution in [2.45, 2.75) is 173 Å². The summed E-state index contributed by atoms with van der Waals surface area (Å²) in [7, 11) is -20.4. The number of aromatic nitrogens is 8. The van der Waals surface area contributed by atoms with E-state index < -0.39 is 62.6 Å². The number of ether oxygens (including phenoxy) is 7. The third-order valence-corrected chi connectivity index (χ3v) is 27.7. The van der Waals surface area contributed by atoms with E-state index in [1.54, 1.807) is 0 Å². The number of primary sulfonamides is 1. The lowest BCUT2D eigenvalue weighted by atomic mass is 9.98. The Morgan fingerprint density at radius 3 is 1.15 bits per heavy atom. The van der Waals surface area contributed by atoms with Gasteiger partial charge in [0, 0.05) is 37.6 Å². The number of nitrogen functional groups attached to an aromatic ring is 1. The van der Waals surface area contributed by atoms with Crippen molar-refractivity contribution in [3.63, 3.8) is 0 Å². The predicted octanol–water partition coefficient (Wildman–Crippen LogP) is 8.18. The number of fused-ring (bicyclic) bond motifs is 8. The fraction of sp³-hybridized carbons (Fsp3) is 0.360. The summed E-state index contributed by atoms with van der Waals surface area (Å²) in [5.41, 5.74) is 20.2. The lowest BCUT2D eigenvalue weighted by molar-refractivity contribution is 0.00154. The number of benzene rings is 6. The van der Waals surface area contributed by atoms with E-state index in [0.717, 1.165) is 150 Å². The van der Waals surface area contributed by atoms with Crippen LogP contribution in [0, 0.1) is 55.2 Å². The summed E-state index contributed by atoms with van der Waals surface area (Å²) in [5.74, 6) is 10.2. The van der Waals surface area contributed by atoms with Crippen molar-refractivity contribution in [2.24, 2.45) is 5.14 Å². The SMILES string of the molecule is C#CCBr.C#CCOC1COc2c(S(=O)(=O)N(Cc3ccccc3)Cc3ccccc3)cnn2C1.C#CCOC1COc2c(S(=O)(=O)NC(=O)Nc3c4c(cc5c3CCC5)CCC4)cnn2C1.C#CCOC1COc2c(S(N)(=O)=O)cnn2C1.Nc1c2c(c(F)c3c1CCC3)CCC2.O=S(=O)(O)O.O=S(=O)(c1cnn2c1OCC(O)C2)N(Cc1ccccc1)Cc1ccccc1. The fourth-order valence-electron chi connectivity index (χ4n) is 15.8. The highest BCUT2D eigenvalue weighted by molar-refractivity contribution is 9.09. The molecule has 0 spiro atoms. The number of hydrogen-bond acceptors (Lipinski definition) is 24. The van der Waals surface area contributed by atoms with Gasteiger partial charge in [-0.25, -0.2) is 71.4 Å². The van der Waals surface area contributed by atoms with Crippen LogP contribution in [0.4, 0.5) is 20.6 Å². The number of nitrogens with two attached hydrogens (primary N) is 2. The lowest BCUT2D eigenvalue weighted by Gasteiger charge is -2.26. The third-order valence-electron chi connectivity index (χ3n) is 21.7. The highest BCUT2D eigenvalue weighted by Gasteiger charge is 2.39. The zero-order valence-electron chi connectivity index (χ0n) is 71.0. The number of amides is 2. The first kappa shape index (κ1) is 98.5. The maximum absolute atomic E-state index is 14.0. The van der Waals surface area contributed by atoms with E-state index in [-0.39, 0.29) is 146 Å². The molecular weight excluding hydrogens is 1860 g/mol. The van der Waals surface area contributed by atoms with E-state index in [1.807, 2.05) is 121 Å². The van der Waals surface area contributed by atoms with Crippen molar-refractivity contribution in [2.75, 3.05) is 62.6 Å². The molecule has 4 aromatic heterocycles. The van der Waals surface area contributed by atoms with Gasteiger partial charge >= 0.3 is 16.4 Å². The van der Waals surface area contributed by atoms with Crippen LogP contribution in [-0.2, 0) is 168 Å². The average Bonchev–Trinajstić information content (AvgIpc) is 1.64. The molecule has 2 amide bonds. The monoisotopic (exact) mass is 1960 g/mol. The molecule has 4 aliphatic carbocycles. The second-order valence-corrected chi connectivity index (χ2v) is 39.2. The minimum atomic E-state index is -4.67. The Bertz CT molecular complexity index is 6270. The van der Waals surface area contributed by atoms with E-state index in [1.165, 1.54) is 57.1 Å². The number of nitrogens with zero attached hydrogens (tertiary/aromatic N) is 10. The number of hydrogen-bond donors (Lipinski definition) is 7. The van der Waals surface area contributed by atoms with Crippen molar-refractivity contribution in [3.05, 3.63) is 225 Å². The van der Waals surface area contributed by atoms with Crippen molar-refractivity contribution in [3.8, 4) is 72.9 Å². The number of carbonyl (C=O) groups excluding carboxylic acids is 1. The van der Waals surface area contributed by atoms with E-state index in [9.17, 15) is 48.0 Å². The van der Waals surface area contributed by atoms with Crippen LogP contribution < -0.4 is 39.9 Å². The average molecular weight is 1960 g/mol. The van der Waals surface area contributed by atoms with Gasteiger partial charge in [0.25, 0.3) is 30.1 Å². The zero-order valence-corrected chi connectivity index (χ0v) is 76.6. The highest BCUT2D eigenvalue weighted by atomic mass is 79.9. The van der Waals surface area contributed by atoms with Gasteiger partial charge in [0.05, 0.1) is 56.3 Å². The topological polar surface area (TPSA) is 467 Å². The number of sulfonamides is 4. The Kier molecular flexibility index (Phi) is 33.9. The van der Waals surface area contributed by atoms with Gasteiger partial charge < -0.3 is 49.3 Å². The van der Waals surface area contributed by atoms with Gasteiger partial charge in [-0.1, -0.05) is 167 Å². The molecule has 42 heteroatoms. The minimum Gasteiger partial charge on any atom is -0.474 e. The Morgan fingerprint density at radius 2 is 0.794 bits per heavy atom. The highest BCUT2D eigenvalue weighted by Crippen LogP contribution is 2.42. The number of anilines is 2. The summed E-state index contributed by atoms with van der Waals surface area (Å²) in [6.07, 6.45) is 35.4. The lowest BCUT2D eigenvalue weighted by Crippen LogP contribution is -2.36. The number of alkyl halides is 1. The van der Waals surface area contributed by atoms with Crippen molar-refractivity contribution in [1.82, 2.24) is 52.5 Å². The van der Waals surface area contributed by atoms with E-state index in [2.05, 4.69) is 76.1 Å². The molecule has 4 aliphatic heterocycles. The third kappa shape index (κ3) is 25.6. The molecule has 18 rings (SSSR count). The van der Waals surface area contributed by atoms with Gasteiger partial charge in [-0.3, -0.25) is 9.11 Å². The molecule has 4 unspecified atom stereocenters. The van der Waals surface area contributed by atoms with E-state index >= 15 is 0 Å². The number of halogens is 2. The van der Waals surface area contributed by atoms with Gasteiger partial charge in [0.2, 0.25) is 33.5 Å². The van der Waals surface area contributed by atoms with Gasteiger partial charge in [0.1, 0.15) is 76.5 Å². The number of nitrogens with one attached hydrogen (secondary N) is 2. The molecule has 0 fully saturated rings. The van der Waals surface area contributed by atoms with Crippen LogP contribution in [0.1, 0.15) is 92.4 Å². The molecule has 0 saturated carbocycles. The van der Waals surface area contributed by atoms with Crippen LogP contribution in [0.25, 0.3) is 0 Å². The normalized spacial score (nSPS) is 16.9. The standard InChI is InChI=1S/C23H23N3O4S.C22H24N4O5S.C20H21N3O4S.C12H14FN.C9H11N3O4S.C3H3Br.H2O4S/c1-2-13-29-21-17-26-23(30-18-21)22(14-24-26)31(27,28)25(15-19-9-5-3-6-10-19)16-20-11-7-4-8-12-20;1-2-9-30-16-12-26-21(31-13-16)19(11-23-26)32(28,29)25-22(27)24-20-17-7-3-5-14(17)10-15-6-4-8-18(15)20;24-18-14-23-20(27-15-18)19(11-21-23)28(25,26)22(12-16-7-3-1-4-8-16)13-17-9-5-2-6-10-17;13-11-7-3-1-5-9(7)12(14)10-6-2-4-8(10)11;1-2-3-15-7-5-12-9(16-6-7)8(4-11-12)17(10,13)14;1-2-3-4;1-5(2,3)4/h1,3-12,14,21H,13,15-18H2;1,10-11,16H,3-9,12-13H2,(H2,24,25,27);1-11,18,24H,12-15H2;1-6,14H2;1,4,7H,3,5-6H2,(H2,10,13,14);1H,3H2;(H2,1,2,3,4). The summed E-state index contributed by atoms with van der Waals surface area (Å²) in [6.45, 7) is 3.29. The fourth-order valence-corrected chi connectivity index (χ4v) is 20.4. The van der Waals surface area contributed by atoms with Crippen molar-refractivity contribution in [1.29, 1.82) is 0 Å². The first-order valence-corrected chi connectivity index (χ1v) is 49.8. The summed E-state index contributed by atoms with van der Waals surface area (Å²) in [6, 6.07) is 39.4. The van der Waals surface area contributed by atoms with Crippen molar-refractivity contribution < 1.29 is 98.6 Å². The van der Waals surface area contributed by atoms with Crippen LogP contribution in [-0.4, -0.2) is 186 Å². The molecule has 0 bridgehead atoms. The smallest absolute Gasteiger partial charge is 0.394 e. The summed E-state index contributed by atoms with van der Waals surface area (Å²) >= 11 is 3.01. The quantitative estimate of drug-likeness (QED) is 0.0145. The summed E-state index contributed by atoms with van der Waals surface area (Å²) < 4.78 is 197. The molecule has 4 atom stereocenters. The van der Waals surface area contributed by atoms with Gasteiger partial charge in [-0.05, 0) is 144 Å². The minimum absolute atomic E-state index is 0.0197. The molecule has 10 aromatic rings. The Hall–Kier alpha value is -11.5. The first-order valence-electron chi connectivity index (χ1n) is 41.4. The van der Waals surface area contributed by atoms with Crippen LogP contribution >= 0.6 is 15.9 Å². The van der Waals surface area contributed by atoms with Gasteiger partial charge in [0.15, 0.2) is 19.6 Å². The largest absolute Gasteiger partial charge is 0.474 e. The number of aryl methyl sites for hydroxylation is 2. The number of rotatable bonds is 22. The predicted molar refractivity (Wildman–Crippen MR) is 484 cm³/mol. The molecular formula is C89H98BrFN14O21S5. The zero-order chi connectivity index (χ0) is 93.6. The van der Waals surface area contributed by atoms with Gasteiger partial charge in [-0.2, -0.15) is 37.4 Å². The second-order valence-electron chi connectivity index (χ2n) is 30.8. The van der Waals surface area contributed by atoms with Crippen LogP contribution in [0.2, 0.25) is 0 Å². The van der Waals surface area contributed by atoms with Crippen molar-refractivity contribution >= 4 is 83.8 Å². The molecule has 0 radical (unpaired) electrons. The van der Waals surface area contributed by atoms with E-state index in [4.69, 9.17) is 87.2 Å². The van der Waals surface area contributed by atoms with E-state index in [0.29, 0.717) is 25.0 Å². The van der Waals surface area contributed by atoms with Gasteiger partial charge in [-0.15, -0.1) is 25.7 Å². The van der Waals surface area contributed by atoms with Crippen LogP contribution in [0.5, 0.6) is 23.5 Å². The molecule has 8 aliphatic rings. The summed E-state index contributed by atoms with van der Waals surface area (Å²) in [5, 5.41) is 34.5. The number of aliphatic hydroxyl groups excluding tert-OH is 1. The number of terminal acetylenes is 4. The molecule has 131 heavy (non-hydrogen) atoms. The maximum Gasteiger partial charge on any atom is 0.394 e. The summed E-state index contributed by atoms with van der Waals surface area (Å²) in [4.78, 5) is 12.5. The first-order chi connectivity index (χ1) is 62.8. The maximum atomic E-state index is 14.0. The number of urea groups is 1. The number of carbonyl (C=O) groups is 1. The molecule has 35 nitrogen and oxygen atoms in total. The molecule has 0 saturated heterocycles. The van der Waals surface area contributed by atoms with Crippen LogP contribution in [0.3, 0.4) is 0 Å². The molecule has 8 heterocycles. The van der Waals surface area contributed by atoms with Crippen LogP contribution in [0.15, 0.2) is 172 Å². The molecule has 6 aromatic carbocycles.